The highest BCUT2D eigenvalue weighted by Crippen LogP contribution is 2.36. The standard InChI is InChI=1S/C22H22F3N3O4/c23-22(24,25)14-32-19-6-5-16(21(26-19)27-7-9-31-10-8-27)12-28-11-15-3-1-2-4-17(15)20(28)18(30)13-29/h1-6,13,20H,7-12,14H2. The minimum Gasteiger partial charge on any atom is -0.468 e. The second kappa shape index (κ2) is 9.25. The number of rotatable bonds is 7. The number of aldehydes is 1. The molecule has 1 atom stereocenters. The fourth-order valence-electron chi connectivity index (χ4n) is 4.08. The number of aromatic nitrogens is 1. The Bertz CT molecular complexity index is 993. The number of hydrogen-bond donors (Lipinski definition) is 0. The molecule has 4 rings (SSSR count). The third-order valence-corrected chi connectivity index (χ3v) is 5.47. The van der Waals surface area contributed by atoms with Gasteiger partial charge in [-0.15, -0.1) is 0 Å². The smallest absolute Gasteiger partial charge is 0.422 e. The molecular weight excluding hydrogens is 427 g/mol. The van der Waals surface area contributed by atoms with Crippen molar-refractivity contribution in [1.82, 2.24) is 9.88 Å². The number of ketones is 1. The predicted molar refractivity (Wildman–Crippen MR) is 108 cm³/mol. The Morgan fingerprint density at radius 1 is 1.19 bits per heavy atom. The Hall–Kier alpha value is -2.98. The van der Waals surface area contributed by atoms with Crippen LogP contribution >= 0.6 is 0 Å². The van der Waals surface area contributed by atoms with E-state index >= 15 is 0 Å². The fraction of sp³-hybridized carbons (Fsp3) is 0.409. The van der Waals surface area contributed by atoms with Gasteiger partial charge in [0, 0.05) is 37.8 Å². The van der Waals surface area contributed by atoms with Gasteiger partial charge in [-0.25, -0.2) is 0 Å². The number of Topliss-reactive ketones (excluding diaryl/α,β-unsaturated/α-hetero) is 1. The van der Waals surface area contributed by atoms with Crippen molar-refractivity contribution >= 4 is 17.9 Å². The Kier molecular flexibility index (Phi) is 6.43. The predicted octanol–water partition coefficient (Wildman–Crippen LogP) is 2.68. The Morgan fingerprint density at radius 3 is 2.66 bits per heavy atom. The van der Waals surface area contributed by atoms with Gasteiger partial charge >= 0.3 is 6.18 Å². The number of ether oxygens (including phenoxy) is 2. The van der Waals surface area contributed by atoms with Crippen molar-refractivity contribution in [1.29, 1.82) is 0 Å². The highest BCUT2D eigenvalue weighted by molar-refractivity contribution is 6.27. The molecule has 0 N–H and O–H groups in total. The molecule has 3 heterocycles. The van der Waals surface area contributed by atoms with E-state index < -0.39 is 24.6 Å². The molecular formula is C22H22F3N3O4. The van der Waals surface area contributed by atoms with E-state index in [4.69, 9.17) is 9.47 Å². The first-order chi connectivity index (χ1) is 15.4. The molecule has 7 nitrogen and oxygen atoms in total. The van der Waals surface area contributed by atoms with E-state index in [2.05, 4.69) is 4.98 Å². The fourth-order valence-corrected chi connectivity index (χ4v) is 4.08. The maximum Gasteiger partial charge on any atom is 0.422 e. The van der Waals surface area contributed by atoms with Gasteiger partial charge in [0.25, 0.3) is 0 Å². The third kappa shape index (κ3) is 4.91. The molecule has 32 heavy (non-hydrogen) atoms. The molecule has 0 saturated carbocycles. The molecule has 0 bridgehead atoms. The van der Waals surface area contributed by atoms with E-state index in [1.165, 1.54) is 6.07 Å². The van der Waals surface area contributed by atoms with Gasteiger partial charge in [0.1, 0.15) is 11.9 Å². The van der Waals surface area contributed by atoms with Gasteiger partial charge in [-0.3, -0.25) is 14.5 Å². The largest absolute Gasteiger partial charge is 0.468 e. The van der Waals surface area contributed by atoms with Crippen LogP contribution in [0.5, 0.6) is 5.88 Å². The van der Waals surface area contributed by atoms with Gasteiger partial charge in [0.2, 0.25) is 11.7 Å². The average molecular weight is 449 g/mol. The molecule has 170 valence electrons. The van der Waals surface area contributed by atoms with Gasteiger partial charge in [0.15, 0.2) is 12.9 Å². The number of alkyl halides is 3. The van der Waals surface area contributed by atoms with E-state index in [1.807, 2.05) is 34.1 Å². The lowest BCUT2D eigenvalue weighted by molar-refractivity contribution is -0.154. The lowest BCUT2D eigenvalue weighted by atomic mass is 10.0. The molecule has 10 heteroatoms. The summed E-state index contributed by atoms with van der Waals surface area (Å²) >= 11 is 0. The second-order valence-corrected chi connectivity index (χ2v) is 7.66. The highest BCUT2D eigenvalue weighted by atomic mass is 19.4. The Labute approximate surface area is 182 Å². The van der Waals surface area contributed by atoms with Gasteiger partial charge in [-0.05, 0) is 17.2 Å². The molecule has 0 radical (unpaired) electrons. The molecule has 1 unspecified atom stereocenters. The number of pyridine rings is 1. The van der Waals surface area contributed by atoms with E-state index in [0.717, 1.165) is 16.7 Å². The number of carbonyl (C=O) groups is 2. The van der Waals surface area contributed by atoms with Crippen LogP contribution in [0, 0.1) is 0 Å². The maximum atomic E-state index is 12.6. The molecule has 1 fully saturated rings. The molecule has 1 aromatic heterocycles. The summed E-state index contributed by atoms with van der Waals surface area (Å²) in [7, 11) is 0. The van der Waals surface area contributed by atoms with E-state index in [1.54, 1.807) is 6.07 Å². The van der Waals surface area contributed by atoms with E-state index in [9.17, 15) is 22.8 Å². The number of nitrogens with zero attached hydrogens (tertiary/aromatic N) is 3. The molecule has 2 aliphatic rings. The first kappa shape index (κ1) is 22.2. The van der Waals surface area contributed by atoms with Crippen molar-refractivity contribution in [3.63, 3.8) is 0 Å². The molecule has 0 amide bonds. The van der Waals surface area contributed by atoms with Crippen LogP contribution in [0.4, 0.5) is 19.0 Å². The summed E-state index contributed by atoms with van der Waals surface area (Å²) in [5.41, 5.74) is 2.47. The zero-order valence-corrected chi connectivity index (χ0v) is 17.2. The summed E-state index contributed by atoms with van der Waals surface area (Å²) in [6.07, 6.45) is -4.14. The van der Waals surface area contributed by atoms with Crippen molar-refractivity contribution in [2.24, 2.45) is 0 Å². The summed E-state index contributed by atoms with van der Waals surface area (Å²) < 4.78 is 48.0. The van der Waals surface area contributed by atoms with E-state index in [0.29, 0.717) is 45.0 Å². The van der Waals surface area contributed by atoms with Crippen molar-refractivity contribution in [2.75, 3.05) is 37.8 Å². The quantitative estimate of drug-likeness (QED) is 0.476. The van der Waals surface area contributed by atoms with Gasteiger partial charge < -0.3 is 14.4 Å². The van der Waals surface area contributed by atoms with Gasteiger partial charge in [-0.1, -0.05) is 24.3 Å². The minimum atomic E-state index is -4.47. The van der Waals surface area contributed by atoms with Crippen LogP contribution in [-0.2, 0) is 27.4 Å². The Morgan fingerprint density at radius 2 is 1.94 bits per heavy atom. The Balaban J connectivity index is 1.63. The number of benzene rings is 1. The van der Waals surface area contributed by atoms with Crippen LogP contribution in [-0.4, -0.2) is 61.0 Å². The summed E-state index contributed by atoms with van der Waals surface area (Å²) in [5.74, 6) is -0.181. The lowest BCUT2D eigenvalue weighted by Crippen LogP contribution is -2.38. The monoisotopic (exact) mass is 449 g/mol. The molecule has 2 aliphatic heterocycles. The normalized spacial score (nSPS) is 19.0. The van der Waals surface area contributed by atoms with Crippen molar-refractivity contribution in [2.45, 2.75) is 25.3 Å². The molecule has 2 aromatic rings. The van der Waals surface area contributed by atoms with Crippen molar-refractivity contribution < 1.29 is 32.2 Å². The SMILES string of the molecule is O=CC(=O)C1c2ccccc2CN1Cc1ccc(OCC(F)(F)F)nc1N1CCOCC1. The summed E-state index contributed by atoms with van der Waals surface area (Å²) in [6.45, 7) is 1.32. The molecule has 0 spiro atoms. The number of fused-ring (bicyclic) bond motifs is 1. The highest BCUT2D eigenvalue weighted by Gasteiger charge is 2.36. The zero-order chi connectivity index (χ0) is 22.7. The molecule has 1 aromatic carbocycles. The van der Waals surface area contributed by atoms with E-state index in [-0.39, 0.29) is 12.4 Å². The zero-order valence-electron chi connectivity index (χ0n) is 17.2. The number of morpholine rings is 1. The number of halogens is 3. The van der Waals surface area contributed by atoms with Crippen molar-refractivity contribution in [3.05, 3.63) is 53.1 Å². The number of carbonyl (C=O) groups excluding carboxylic acids is 2. The van der Waals surface area contributed by atoms with Crippen LogP contribution in [0.2, 0.25) is 0 Å². The lowest BCUT2D eigenvalue weighted by Gasteiger charge is -2.31. The molecule has 0 aliphatic carbocycles. The topological polar surface area (TPSA) is 72.0 Å². The van der Waals surface area contributed by atoms with Gasteiger partial charge in [0.05, 0.1) is 13.2 Å². The van der Waals surface area contributed by atoms with Crippen LogP contribution in [0.15, 0.2) is 36.4 Å². The van der Waals surface area contributed by atoms with Crippen molar-refractivity contribution in [3.8, 4) is 5.88 Å². The summed E-state index contributed by atoms with van der Waals surface area (Å²) in [5, 5.41) is 0. The first-order valence-corrected chi connectivity index (χ1v) is 10.2. The number of anilines is 1. The van der Waals surface area contributed by atoms with Crippen LogP contribution in [0.1, 0.15) is 22.7 Å². The number of hydrogen-bond acceptors (Lipinski definition) is 7. The second-order valence-electron chi connectivity index (χ2n) is 7.66. The average Bonchev–Trinajstić information content (AvgIpc) is 3.15. The van der Waals surface area contributed by atoms with Gasteiger partial charge in [-0.2, -0.15) is 18.2 Å². The third-order valence-electron chi connectivity index (χ3n) is 5.47. The summed E-state index contributed by atoms with van der Waals surface area (Å²) in [4.78, 5) is 31.9. The van der Waals surface area contributed by atoms with Crippen LogP contribution < -0.4 is 9.64 Å². The van der Waals surface area contributed by atoms with Crippen LogP contribution in [0.3, 0.4) is 0 Å². The molecule has 1 saturated heterocycles. The summed E-state index contributed by atoms with van der Waals surface area (Å²) in [6, 6.07) is 9.79. The maximum absolute atomic E-state index is 12.6. The van der Waals surface area contributed by atoms with Crippen LogP contribution in [0.25, 0.3) is 0 Å². The minimum absolute atomic E-state index is 0.127. The first-order valence-electron chi connectivity index (χ1n) is 10.2.